The molecule has 1 fully saturated rings. The van der Waals surface area contributed by atoms with Crippen LogP contribution in [-0.2, 0) is 9.47 Å². The highest BCUT2D eigenvalue weighted by Gasteiger charge is 2.21. The number of ether oxygens (including phenoxy) is 2. The molecule has 1 rings (SSSR count). The van der Waals surface area contributed by atoms with Gasteiger partial charge in [0.1, 0.15) is 0 Å². The first-order valence-corrected chi connectivity index (χ1v) is 7.68. The molecule has 0 heterocycles. The maximum absolute atomic E-state index is 5.61. The lowest BCUT2D eigenvalue weighted by atomic mass is 9.90. The van der Waals surface area contributed by atoms with E-state index < -0.39 is 0 Å². The molecule has 0 aromatic heterocycles. The van der Waals surface area contributed by atoms with Gasteiger partial charge in [-0.05, 0) is 31.7 Å². The summed E-state index contributed by atoms with van der Waals surface area (Å²) in [4.78, 5) is 0. The monoisotopic (exact) mass is 257 g/mol. The molecule has 1 unspecified atom stereocenters. The number of hydrogen-bond acceptors (Lipinski definition) is 3. The summed E-state index contributed by atoms with van der Waals surface area (Å²) in [5, 5.41) is 3.66. The zero-order valence-corrected chi connectivity index (χ0v) is 12.2. The number of methoxy groups -OCH3 is 1. The molecule has 1 atom stereocenters. The average molecular weight is 257 g/mol. The van der Waals surface area contributed by atoms with E-state index in [-0.39, 0.29) is 0 Å². The van der Waals surface area contributed by atoms with Crippen LogP contribution in [-0.4, -0.2) is 39.5 Å². The molecule has 0 bridgehead atoms. The summed E-state index contributed by atoms with van der Waals surface area (Å²) in [5.41, 5.74) is 0. The second-order valence-electron chi connectivity index (χ2n) is 5.31. The minimum Gasteiger partial charge on any atom is -0.382 e. The van der Waals surface area contributed by atoms with E-state index in [1.165, 1.54) is 38.5 Å². The maximum atomic E-state index is 5.61. The Hall–Kier alpha value is -0.120. The number of hydrogen-bond donors (Lipinski definition) is 1. The number of rotatable bonds is 9. The molecule has 0 aromatic rings. The lowest BCUT2D eigenvalue weighted by molar-refractivity contribution is 0.0623. The summed E-state index contributed by atoms with van der Waals surface area (Å²) in [7, 11) is 1.72. The molecule has 3 heteroatoms. The minimum absolute atomic E-state index is 0.649. The quantitative estimate of drug-likeness (QED) is 0.509. The third-order valence-corrected chi connectivity index (χ3v) is 3.94. The SMILES string of the molecule is CCNC(CCOCCOC)C1CCCCCC1. The fourth-order valence-electron chi connectivity index (χ4n) is 2.93. The largest absolute Gasteiger partial charge is 0.382 e. The van der Waals surface area contributed by atoms with Gasteiger partial charge in [0.05, 0.1) is 13.2 Å². The van der Waals surface area contributed by atoms with Crippen molar-refractivity contribution in [2.24, 2.45) is 5.92 Å². The molecule has 0 radical (unpaired) electrons. The van der Waals surface area contributed by atoms with Crippen molar-refractivity contribution >= 4 is 0 Å². The maximum Gasteiger partial charge on any atom is 0.0700 e. The fraction of sp³-hybridized carbons (Fsp3) is 1.00. The van der Waals surface area contributed by atoms with Crippen molar-refractivity contribution in [3.8, 4) is 0 Å². The van der Waals surface area contributed by atoms with E-state index in [9.17, 15) is 0 Å². The first-order chi connectivity index (χ1) is 8.88. The smallest absolute Gasteiger partial charge is 0.0700 e. The molecular formula is C15H31NO2. The Bertz CT molecular complexity index is 179. The highest BCUT2D eigenvalue weighted by Crippen LogP contribution is 2.26. The summed E-state index contributed by atoms with van der Waals surface area (Å²) >= 11 is 0. The molecule has 0 aliphatic heterocycles. The molecule has 0 amide bonds. The Morgan fingerprint density at radius 1 is 1.06 bits per heavy atom. The summed E-state index contributed by atoms with van der Waals surface area (Å²) in [6.45, 7) is 5.56. The molecule has 1 aliphatic rings. The first-order valence-electron chi connectivity index (χ1n) is 7.68. The molecular weight excluding hydrogens is 226 g/mol. The van der Waals surface area contributed by atoms with E-state index in [4.69, 9.17) is 9.47 Å². The van der Waals surface area contributed by atoms with Gasteiger partial charge in [-0.25, -0.2) is 0 Å². The fourth-order valence-corrected chi connectivity index (χ4v) is 2.93. The van der Waals surface area contributed by atoms with Crippen LogP contribution in [0.4, 0.5) is 0 Å². The van der Waals surface area contributed by atoms with Crippen LogP contribution < -0.4 is 5.32 Å². The van der Waals surface area contributed by atoms with Gasteiger partial charge in [0, 0.05) is 19.8 Å². The molecule has 0 aromatic carbocycles. The van der Waals surface area contributed by atoms with Gasteiger partial charge in [-0.15, -0.1) is 0 Å². The van der Waals surface area contributed by atoms with Gasteiger partial charge in [-0.2, -0.15) is 0 Å². The van der Waals surface area contributed by atoms with Crippen LogP contribution in [0.2, 0.25) is 0 Å². The van der Waals surface area contributed by atoms with Crippen LogP contribution in [0.15, 0.2) is 0 Å². The van der Waals surface area contributed by atoms with Crippen molar-refractivity contribution in [2.45, 2.75) is 57.9 Å². The van der Waals surface area contributed by atoms with Crippen LogP contribution in [0.5, 0.6) is 0 Å². The first kappa shape index (κ1) is 15.9. The third-order valence-electron chi connectivity index (χ3n) is 3.94. The molecule has 3 nitrogen and oxygen atoms in total. The van der Waals surface area contributed by atoms with Gasteiger partial charge < -0.3 is 14.8 Å². The standard InChI is InChI=1S/C15H31NO2/c1-3-16-15(10-11-18-13-12-17-2)14-8-6-4-5-7-9-14/h14-16H,3-13H2,1-2H3. The van der Waals surface area contributed by atoms with Crippen molar-refractivity contribution < 1.29 is 9.47 Å². The van der Waals surface area contributed by atoms with Crippen molar-refractivity contribution in [1.82, 2.24) is 5.32 Å². The van der Waals surface area contributed by atoms with E-state index in [0.717, 1.165) is 32.1 Å². The van der Waals surface area contributed by atoms with E-state index in [1.807, 2.05) is 0 Å². The molecule has 18 heavy (non-hydrogen) atoms. The molecule has 1 saturated carbocycles. The van der Waals surface area contributed by atoms with E-state index >= 15 is 0 Å². The zero-order valence-electron chi connectivity index (χ0n) is 12.2. The summed E-state index contributed by atoms with van der Waals surface area (Å²) < 4.78 is 10.6. The Morgan fingerprint density at radius 3 is 2.39 bits per heavy atom. The van der Waals surface area contributed by atoms with Crippen molar-refractivity contribution in [3.63, 3.8) is 0 Å². The second kappa shape index (κ2) is 10.8. The number of nitrogens with one attached hydrogen (secondary N) is 1. The van der Waals surface area contributed by atoms with Gasteiger partial charge in [0.25, 0.3) is 0 Å². The molecule has 0 spiro atoms. The van der Waals surface area contributed by atoms with Gasteiger partial charge in [0.15, 0.2) is 0 Å². The highest BCUT2D eigenvalue weighted by atomic mass is 16.5. The van der Waals surface area contributed by atoms with Gasteiger partial charge in [0.2, 0.25) is 0 Å². The topological polar surface area (TPSA) is 30.5 Å². The van der Waals surface area contributed by atoms with Gasteiger partial charge >= 0.3 is 0 Å². The van der Waals surface area contributed by atoms with Crippen LogP contribution in [0.25, 0.3) is 0 Å². The predicted molar refractivity (Wildman–Crippen MR) is 76.0 cm³/mol. The highest BCUT2D eigenvalue weighted by molar-refractivity contribution is 4.78. The normalized spacial score (nSPS) is 19.7. The van der Waals surface area contributed by atoms with Crippen LogP contribution in [0, 0.1) is 5.92 Å². The van der Waals surface area contributed by atoms with Crippen LogP contribution in [0.1, 0.15) is 51.9 Å². The van der Waals surface area contributed by atoms with E-state index in [0.29, 0.717) is 12.6 Å². The predicted octanol–water partition coefficient (Wildman–Crippen LogP) is 2.99. The Kier molecular flexibility index (Phi) is 9.54. The lowest BCUT2D eigenvalue weighted by Crippen LogP contribution is -2.37. The summed E-state index contributed by atoms with van der Waals surface area (Å²) in [6.07, 6.45) is 9.63. The van der Waals surface area contributed by atoms with Crippen molar-refractivity contribution in [3.05, 3.63) is 0 Å². The lowest BCUT2D eigenvalue weighted by Gasteiger charge is -2.27. The second-order valence-corrected chi connectivity index (χ2v) is 5.31. The van der Waals surface area contributed by atoms with Crippen LogP contribution in [0.3, 0.4) is 0 Å². The summed E-state index contributed by atoms with van der Waals surface area (Å²) in [6, 6.07) is 0.649. The third kappa shape index (κ3) is 6.72. The minimum atomic E-state index is 0.649. The van der Waals surface area contributed by atoms with Gasteiger partial charge in [-0.3, -0.25) is 0 Å². The van der Waals surface area contributed by atoms with Crippen molar-refractivity contribution in [1.29, 1.82) is 0 Å². The van der Waals surface area contributed by atoms with Crippen molar-refractivity contribution in [2.75, 3.05) is 33.5 Å². The average Bonchev–Trinajstić information content (AvgIpc) is 2.66. The van der Waals surface area contributed by atoms with Gasteiger partial charge in [-0.1, -0.05) is 32.6 Å². The zero-order chi connectivity index (χ0) is 13.1. The Labute approximate surface area is 113 Å². The molecule has 108 valence electrons. The molecule has 0 saturated heterocycles. The summed E-state index contributed by atoms with van der Waals surface area (Å²) in [5.74, 6) is 0.860. The molecule has 1 aliphatic carbocycles. The Balaban J connectivity index is 2.23. The molecule has 1 N–H and O–H groups in total. The van der Waals surface area contributed by atoms with E-state index in [1.54, 1.807) is 7.11 Å². The van der Waals surface area contributed by atoms with Crippen LogP contribution >= 0.6 is 0 Å². The van der Waals surface area contributed by atoms with E-state index in [2.05, 4.69) is 12.2 Å². The Morgan fingerprint density at radius 2 is 1.78 bits per heavy atom.